The van der Waals surface area contributed by atoms with Gasteiger partial charge in [0.15, 0.2) is 5.76 Å². The largest absolute Gasteiger partial charge is 0.461 e. The summed E-state index contributed by atoms with van der Waals surface area (Å²) in [6.45, 7) is 0. The number of aromatic nitrogens is 4. The second-order valence-electron chi connectivity index (χ2n) is 3.61. The van der Waals surface area contributed by atoms with Gasteiger partial charge in [0.1, 0.15) is 5.01 Å². The average molecular weight is 274 g/mol. The van der Waals surface area contributed by atoms with Crippen LogP contribution in [0, 0.1) is 0 Å². The van der Waals surface area contributed by atoms with Crippen molar-refractivity contribution < 1.29 is 4.42 Å². The molecule has 0 bridgehead atoms. The molecule has 7 heteroatoms. The lowest BCUT2D eigenvalue weighted by molar-refractivity contribution is 0.575. The van der Waals surface area contributed by atoms with Gasteiger partial charge in [0.25, 0.3) is 0 Å². The first kappa shape index (κ1) is 9.98. The lowest BCUT2D eigenvalue weighted by Gasteiger charge is -1.90. The predicted octanol–water partition coefficient (Wildman–Crippen LogP) is 3.17. The second-order valence-corrected chi connectivity index (χ2v) is 5.35. The van der Waals surface area contributed by atoms with Crippen LogP contribution in [-0.4, -0.2) is 19.8 Å². The Kier molecular flexibility index (Phi) is 2.08. The maximum atomic E-state index is 5.33. The monoisotopic (exact) mass is 274 g/mol. The predicted molar refractivity (Wildman–Crippen MR) is 69.7 cm³/mol. The first-order chi connectivity index (χ1) is 8.92. The van der Waals surface area contributed by atoms with Gasteiger partial charge in [-0.15, -0.1) is 10.2 Å². The number of fused-ring (bicyclic) bond motifs is 1. The zero-order valence-electron chi connectivity index (χ0n) is 8.98. The number of nitrogens with zero attached hydrogens (tertiary/aromatic N) is 4. The molecule has 0 amide bonds. The molecule has 0 radical (unpaired) electrons. The van der Waals surface area contributed by atoms with E-state index in [-0.39, 0.29) is 0 Å². The van der Waals surface area contributed by atoms with Gasteiger partial charge >= 0.3 is 0 Å². The van der Waals surface area contributed by atoms with Crippen molar-refractivity contribution in [2.45, 2.75) is 0 Å². The maximum Gasteiger partial charge on any atom is 0.235 e. The normalized spacial score (nSPS) is 11.3. The number of hydrogen-bond donors (Lipinski definition) is 0. The standard InChI is InChI=1S/C11H6N4OS2/c1-2-8(16-4-1)9-12-13-11-15(9)14-10(18-11)7-3-5-17-6-7/h1-6H. The van der Waals surface area contributed by atoms with E-state index in [1.165, 1.54) is 11.3 Å². The first-order valence-electron chi connectivity index (χ1n) is 5.20. The Morgan fingerprint density at radius 2 is 2.22 bits per heavy atom. The van der Waals surface area contributed by atoms with Crippen LogP contribution in [0.1, 0.15) is 0 Å². The topological polar surface area (TPSA) is 56.2 Å². The fourth-order valence-corrected chi connectivity index (χ4v) is 3.23. The molecule has 0 saturated heterocycles. The van der Waals surface area contributed by atoms with Crippen molar-refractivity contribution in [3.8, 4) is 22.2 Å². The van der Waals surface area contributed by atoms with Crippen LogP contribution in [0.2, 0.25) is 0 Å². The van der Waals surface area contributed by atoms with Gasteiger partial charge in [-0.3, -0.25) is 0 Å². The fourth-order valence-electron chi connectivity index (χ4n) is 1.68. The summed E-state index contributed by atoms with van der Waals surface area (Å²) in [7, 11) is 0. The van der Waals surface area contributed by atoms with Crippen molar-refractivity contribution in [2.24, 2.45) is 0 Å². The van der Waals surface area contributed by atoms with E-state index >= 15 is 0 Å². The zero-order chi connectivity index (χ0) is 11.9. The Labute approximate surface area is 109 Å². The van der Waals surface area contributed by atoms with E-state index in [9.17, 15) is 0 Å². The molecule has 0 saturated carbocycles. The van der Waals surface area contributed by atoms with Gasteiger partial charge in [0.2, 0.25) is 10.8 Å². The molecule has 18 heavy (non-hydrogen) atoms. The summed E-state index contributed by atoms with van der Waals surface area (Å²) in [4.78, 5) is 0.766. The van der Waals surface area contributed by atoms with Crippen molar-refractivity contribution in [2.75, 3.05) is 0 Å². The summed E-state index contributed by atoms with van der Waals surface area (Å²) in [5.74, 6) is 1.30. The smallest absolute Gasteiger partial charge is 0.235 e. The summed E-state index contributed by atoms with van der Waals surface area (Å²) < 4.78 is 7.05. The van der Waals surface area contributed by atoms with Crippen molar-refractivity contribution in [3.63, 3.8) is 0 Å². The van der Waals surface area contributed by atoms with E-state index in [2.05, 4.69) is 20.7 Å². The summed E-state index contributed by atoms with van der Waals surface area (Å²) in [6, 6.07) is 5.71. The highest BCUT2D eigenvalue weighted by atomic mass is 32.1. The third kappa shape index (κ3) is 1.41. The summed E-state index contributed by atoms with van der Waals surface area (Å²) in [5.41, 5.74) is 1.11. The highest BCUT2D eigenvalue weighted by molar-refractivity contribution is 7.20. The van der Waals surface area contributed by atoms with Crippen molar-refractivity contribution >= 4 is 27.6 Å². The van der Waals surface area contributed by atoms with E-state index in [0.29, 0.717) is 11.6 Å². The fraction of sp³-hybridized carbons (Fsp3) is 0. The first-order valence-corrected chi connectivity index (χ1v) is 6.96. The quantitative estimate of drug-likeness (QED) is 0.563. The van der Waals surface area contributed by atoms with Crippen LogP contribution in [0.5, 0.6) is 0 Å². The number of hydrogen-bond acceptors (Lipinski definition) is 6. The van der Waals surface area contributed by atoms with E-state index in [0.717, 1.165) is 15.5 Å². The van der Waals surface area contributed by atoms with Gasteiger partial charge in [0, 0.05) is 10.9 Å². The molecule has 4 rings (SSSR count). The van der Waals surface area contributed by atoms with Crippen LogP contribution in [-0.2, 0) is 0 Å². The Hall–Kier alpha value is -1.99. The van der Waals surface area contributed by atoms with Gasteiger partial charge in [-0.1, -0.05) is 11.3 Å². The van der Waals surface area contributed by atoms with Gasteiger partial charge in [-0.25, -0.2) is 0 Å². The third-order valence-electron chi connectivity index (χ3n) is 2.50. The van der Waals surface area contributed by atoms with E-state index in [4.69, 9.17) is 4.42 Å². The summed E-state index contributed by atoms with van der Waals surface area (Å²) in [6.07, 6.45) is 1.61. The number of furan rings is 1. The second kappa shape index (κ2) is 3.76. The Morgan fingerprint density at radius 1 is 1.22 bits per heavy atom. The average Bonchev–Trinajstić information content (AvgIpc) is 3.13. The molecule has 0 aliphatic carbocycles. The highest BCUT2D eigenvalue weighted by Gasteiger charge is 2.15. The summed E-state index contributed by atoms with van der Waals surface area (Å²) >= 11 is 3.17. The molecule has 4 aromatic rings. The molecule has 0 unspecified atom stereocenters. The van der Waals surface area contributed by atoms with Crippen LogP contribution in [0.3, 0.4) is 0 Å². The molecule has 0 atom stereocenters. The lowest BCUT2D eigenvalue weighted by atomic mass is 10.4. The number of rotatable bonds is 2. The van der Waals surface area contributed by atoms with Crippen molar-refractivity contribution in [3.05, 3.63) is 35.2 Å². The van der Waals surface area contributed by atoms with Crippen LogP contribution in [0.4, 0.5) is 0 Å². The number of thiophene rings is 1. The Bertz CT molecular complexity index is 782. The lowest BCUT2D eigenvalue weighted by Crippen LogP contribution is -1.88. The van der Waals surface area contributed by atoms with E-state index in [1.807, 2.05) is 23.6 Å². The molecule has 0 aliphatic heterocycles. The minimum atomic E-state index is 0.632. The molecule has 4 aromatic heterocycles. The zero-order valence-corrected chi connectivity index (χ0v) is 10.6. The molecular weight excluding hydrogens is 268 g/mol. The van der Waals surface area contributed by atoms with Gasteiger partial charge in [-0.05, 0) is 23.6 Å². The molecule has 0 aliphatic rings. The van der Waals surface area contributed by atoms with Gasteiger partial charge < -0.3 is 4.42 Å². The molecule has 0 aromatic carbocycles. The molecule has 0 spiro atoms. The Morgan fingerprint density at radius 3 is 3.00 bits per heavy atom. The Balaban J connectivity index is 1.92. The molecule has 5 nitrogen and oxygen atoms in total. The maximum absolute atomic E-state index is 5.33. The molecule has 0 N–H and O–H groups in total. The molecule has 0 fully saturated rings. The van der Waals surface area contributed by atoms with Gasteiger partial charge in [-0.2, -0.15) is 21.0 Å². The van der Waals surface area contributed by atoms with Crippen LogP contribution in [0.25, 0.3) is 27.1 Å². The summed E-state index contributed by atoms with van der Waals surface area (Å²) in [5, 5.41) is 17.8. The van der Waals surface area contributed by atoms with E-state index < -0.39 is 0 Å². The van der Waals surface area contributed by atoms with Gasteiger partial charge in [0.05, 0.1) is 6.26 Å². The van der Waals surface area contributed by atoms with Crippen LogP contribution < -0.4 is 0 Å². The molecule has 88 valence electrons. The minimum Gasteiger partial charge on any atom is -0.461 e. The van der Waals surface area contributed by atoms with E-state index in [1.54, 1.807) is 22.1 Å². The highest BCUT2D eigenvalue weighted by Crippen LogP contribution is 2.29. The minimum absolute atomic E-state index is 0.632. The molecular formula is C11H6N4OS2. The third-order valence-corrected chi connectivity index (χ3v) is 4.13. The van der Waals surface area contributed by atoms with Crippen molar-refractivity contribution in [1.82, 2.24) is 19.8 Å². The van der Waals surface area contributed by atoms with Crippen molar-refractivity contribution in [1.29, 1.82) is 0 Å². The van der Waals surface area contributed by atoms with Crippen LogP contribution in [0.15, 0.2) is 39.6 Å². The SMILES string of the molecule is c1coc(-c2nnc3sc(-c4ccsc4)nn23)c1. The molecule has 4 heterocycles. The van der Waals surface area contributed by atoms with Crippen LogP contribution >= 0.6 is 22.7 Å².